The van der Waals surface area contributed by atoms with E-state index in [0.29, 0.717) is 0 Å². The topological polar surface area (TPSA) is 55.1 Å². The molecular formula is C13H9F3N2O. The van der Waals surface area contributed by atoms with Crippen LogP contribution in [0, 0.1) is 17.5 Å². The van der Waals surface area contributed by atoms with Gasteiger partial charge in [0.15, 0.2) is 11.6 Å². The largest absolute Gasteiger partial charge is 0.399 e. The number of carbonyl (C=O) groups excluding carboxylic acids is 1. The number of rotatable bonds is 2. The van der Waals surface area contributed by atoms with Crippen LogP contribution < -0.4 is 11.1 Å². The fourth-order valence-electron chi connectivity index (χ4n) is 1.46. The van der Waals surface area contributed by atoms with E-state index < -0.39 is 23.4 Å². The summed E-state index contributed by atoms with van der Waals surface area (Å²) >= 11 is 0. The van der Waals surface area contributed by atoms with Crippen LogP contribution in [0.3, 0.4) is 0 Å². The van der Waals surface area contributed by atoms with Crippen molar-refractivity contribution in [3.05, 3.63) is 59.4 Å². The molecule has 0 fully saturated rings. The van der Waals surface area contributed by atoms with Crippen LogP contribution in [0.2, 0.25) is 0 Å². The molecule has 2 aromatic rings. The van der Waals surface area contributed by atoms with Gasteiger partial charge in [-0.1, -0.05) is 0 Å². The van der Waals surface area contributed by atoms with Crippen molar-refractivity contribution in [2.45, 2.75) is 0 Å². The third-order valence-corrected chi connectivity index (χ3v) is 2.42. The van der Waals surface area contributed by atoms with E-state index in [-0.39, 0.29) is 16.9 Å². The lowest BCUT2D eigenvalue weighted by atomic mass is 10.2. The number of nitrogens with two attached hydrogens (primary N) is 1. The zero-order valence-corrected chi connectivity index (χ0v) is 9.58. The predicted octanol–water partition coefficient (Wildman–Crippen LogP) is 2.94. The summed E-state index contributed by atoms with van der Waals surface area (Å²) in [4.78, 5) is 11.7. The number of carbonyl (C=O) groups is 1. The van der Waals surface area contributed by atoms with Crippen molar-refractivity contribution in [2.75, 3.05) is 11.1 Å². The van der Waals surface area contributed by atoms with Crippen molar-refractivity contribution < 1.29 is 18.0 Å². The highest BCUT2D eigenvalue weighted by Crippen LogP contribution is 2.18. The molecule has 6 heteroatoms. The van der Waals surface area contributed by atoms with Crippen LogP contribution in [0.1, 0.15) is 10.4 Å². The lowest BCUT2D eigenvalue weighted by Gasteiger charge is -2.07. The number of anilines is 2. The van der Waals surface area contributed by atoms with E-state index in [1.165, 1.54) is 12.1 Å². The molecule has 0 unspecified atom stereocenters. The first-order valence-corrected chi connectivity index (χ1v) is 5.29. The van der Waals surface area contributed by atoms with Gasteiger partial charge in [0.2, 0.25) is 0 Å². The van der Waals surface area contributed by atoms with Gasteiger partial charge in [-0.3, -0.25) is 4.79 Å². The minimum absolute atomic E-state index is 0.0936. The molecule has 19 heavy (non-hydrogen) atoms. The zero-order valence-electron chi connectivity index (χ0n) is 9.58. The minimum atomic E-state index is -1.15. The maximum absolute atomic E-state index is 13.4. The quantitative estimate of drug-likeness (QED) is 0.821. The standard InChI is InChI=1S/C13H9F3N2O/c14-9-3-1-7(5-10(9)15)13(19)18-12-4-2-8(17)6-11(12)16/h1-6H,17H2,(H,18,19). The molecule has 3 N–H and O–H groups in total. The summed E-state index contributed by atoms with van der Waals surface area (Å²) in [6, 6.07) is 6.39. The zero-order chi connectivity index (χ0) is 14.0. The normalized spacial score (nSPS) is 10.3. The third-order valence-electron chi connectivity index (χ3n) is 2.42. The van der Waals surface area contributed by atoms with Gasteiger partial charge in [-0.2, -0.15) is 0 Å². The van der Waals surface area contributed by atoms with Crippen molar-refractivity contribution in [1.82, 2.24) is 0 Å². The first-order valence-electron chi connectivity index (χ1n) is 5.29. The van der Waals surface area contributed by atoms with E-state index in [1.54, 1.807) is 0 Å². The summed E-state index contributed by atoms with van der Waals surface area (Å²) in [5.41, 5.74) is 5.36. The molecule has 0 heterocycles. The Morgan fingerprint density at radius 2 is 1.68 bits per heavy atom. The molecule has 0 saturated carbocycles. The predicted molar refractivity (Wildman–Crippen MR) is 65.1 cm³/mol. The van der Waals surface area contributed by atoms with Crippen LogP contribution in [0.25, 0.3) is 0 Å². The van der Waals surface area contributed by atoms with Gasteiger partial charge in [0.1, 0.15) is 5.82 Å². The molecule has 0 spiro atoms. The van der Waals surface area contributed by atoms with Gasteiger partial charge < -0.3 is 11.1 Å². The molecular weight excluding hydrogens is 257 g/mol. The Morgan fingerprint density at radius 1 is 0.947 bits per heavy atom. The van der Waals surface area contributed by atoms with Crippen LogP contribution in [0.5, 0.6) is 0 Å². The van der Waals surface area contributed by atoms with Gasteiger partial charge in [-0.25, -0.2) is 13.2 Å². The molecule has 98 valence electrons. The molecule has 0 aliphatic heterocycles. The van der Waals surface area contributed by atoms with E-state index in [0.717, 1.165) is 24.3 Å². The molecule has 0 saturated heterocycles. The van der Waals surface area contributed by atoms with Crippen molar-refractivity contribution in [2.24, 2.45) is 0 Å². The lowest BCUT2D eigenvalue weighted by Crippen LogP contribution is -2.13. The Balaban J connectivity index is 2.23. The van der Waals surface area contributed by atoms with Crippen molar-refractivity contribution >= 4 is 17.3 Å². The van der Waals surface area contributed by atoms with Crippen LogP contribution in [0.4, 0.5) is 24.5 Å². The molecule has 2 rings (SSSR count). The van der Waals surface area contributed by atoms with Crippen molar-refractivity contribution in [3.8, 4) is 0 Å². The van der Waals surface area contributed by atoms with Gasteiger partial charge in [-0.15, -0.1) is 0 Å². The number of nitrogens with one attached hydrogen (secondary N) is 1. The molecule has 0 bridgehead atoms. The molecule has 0 atom stereocenters. The molecule has 3 nitrogen and oxygen atoms in total. The number of amides is 1. The van der Waals surface area contributed by atoms with Crippen molar-refractivity contribution in [3.63, 3.8) is 0 Å². The molecule has 0 aromatic heterocycles. The van der Waals surface area contributed by atoms with E-state index >= 15 is 0 Å². The van der Waals surface area contributed by atoms with Crippen LogP contribution >= 0.6 is 0 Å². The summed E-state index contributed by atoms with van der Waals surface area (Å²) in [7, 11) is 0. The number of halogens is 3. The summed E-state index contributed by atoms with van der Waals surface area (Å²) < 4.78 is 39.1. The van der Waals surface area contributed by atoms with Crippen LogP contribution in [-0.4, -0.2) is 5.91 Å². The van der Waals surface area contributed by atoms with E-state index in [2.05, 4.69) is 5.32 Å². The fourth-order valence-corrected chi connectivity index (χ4v) is 1.46. The first kappa shape index (κ1) is 12.9. The van der Waals surface area contributed by atoms with Crippen LogP contribution in [-0.2, 0) is 0 Å². The SMILES string of the molecule is Nc1ccc(NC(=O)c2ccc(F)c(F)c2)c(F)c1. The highest BCUT2D eigenvalue weighted by atomic mass is 19.2. The van der Waals surface area contributed by atoms with E-state index in [4.69, 9.17) is 5.73 Å². The Labute approximate surface area is 106 Å². The molecule has 1 amide bonds. The van der Waals surface area contributed by atoms with E-state index in [9.17, 15) is 18.0 Å². The van der Waals surface area contributed by atoms with Gasteiger partial charge in [0.05, 0.1) is 5.69 Å². The summed E-state index contributed by atoms with van der Waals surface area (Å²) in [5.74, 6) is -3.67. The van der Waals surface area contributed by atoms with Gasteiger partial charge in [0, 0.05) is 11.3 Å². The molecule has 0 radical (unpaired) electrons. The molecule has 2 aromatic carbocycles. The number of hydrogen-bond donors (Lipinski definition) is 2. The average molecular weight is 266 g/mol. The maximum Gasteiger partial charge on any atom is 0.255 e. The van der Waals surface area contributed by atoms with Crippen molar-refractivity contribution in [1.29, 1.82) is 0 Å². The monoisotopic (exact) mass is 266 g/mol. The van der Waals surface area contributed by atoms with Crippen LogP contribution in [0.15, 0.2) is 36.4 Å². The Kier molecular flexibility index (Phi) is 3.41. The van der Waals surface area contributed by atoms with Gasteiger partial charge >= 0.3 is 0 Å². The second kappa shape index (κ2) is 5.01. The molecule has 0 aliphatic rings. The third kappa shape index (κ3) is 2.85. The fraction of sp³-hybridized carbons (Fsp3) is 0. The van der Waals surface area contributed by atoms with Gasteiger partial charge in [-0.05, 0) is 36.4 Å². The first-order chi connectivity index (χ1) is 8.97. The Bertz CT molecular complexity index is 644. The highest BCUT2D eigenvalue weighted by molar-refractivity contribution is 6.04. The Morgan fingerprint density at radius 3 is 2.32 bits per heavy atom. The summed E-state index contributed by atoms with van der Waals surface area (Å²) in [6.07, 6.45) is 0. The number of hydrogen-bond acceptors (Lipinski definition) is 2. The summed E-state index contributed by atoms with van der Waals surface area (Å²) in [6.45, 7) is 0. The second-order valence-corrected chi connectivity index (χ2v) is 3.82. The highest BCUT2D eigenvalue weighted by Gasteiger charge is 2.12. The number of benzene rings is 2. The second-order valence-electron chi connectivity index (χ2n) is 3.82. The Hall–Kier alpha value is -2.50. The average Bonchev–Trinajstić information content (AvgIpc) is 2.36. The smallest absolute Gasteiger partial charge is 0.255 e. The number of nitrogen functional groups attached to an aromatic ring is 1. The maximum atomic E-state index is 13.4. The molecule has 0 aliphatic carbocycles. The minimum Gasteiger partial charge on any atom is -0.399 e. The van der Waals surface area contributed by atoms with Gasteiger partial charge in [0.25, 0.3) is 5.91 Å². The lowest BCUT2D eigenvalue weighted by molar-refractivity contribution is 0.102. The van der Waals surface area contributed by atoms with E-state index in [1.807, 2.05) is 0 Å². The summed E-state index contributed by atoms with van der Waals surface area (Å²) in [5, 5.41) is 2.24.